The van der Waals surface area contributed by atoms with Crippen LogP contribution >= 0.6 is 0 Å². The van der Waals surface area contributed by atoms with Gasteiger partial charge in [0.1, 0.15) is 13.0 Å². The quantitative estimate of drug-likeness (QED) is 0.554. The molecule has 0 amide bonds. The first kappa shape index (κ1) is 18.6. The summed E-state index contributed by atoms with van der Waals surface area (Å²) in [6.07, 6.45) is 2.87. The fraction of sp³-hybridized carbons (Fsp3) is 0.857. The monoisotopic (exact) mass is 346 g/mol. The summed E-state index contributed by atoms with van der Waals surface area (Å²) in [6.45, 7) is 27.2. The summed E-state index contributed by atoms with van der Waals surface area (Å²) in [5, 5.41) is 0. The summed E-state index contributed by atoms with van der Waals surface area (Å²) < 4.78 is 13.3. The standard InChI is InChI=1S/C14H34O2Si4/c1-11-13-14(15-12-2)16-18(5,6)20(9,10)19(7,8)17(14,3)4/h11H,1,12-13H2,2-10H3. The van der Waals surface area contributed by atoms with E-state index in [1.807, 2.05) is 6.08 Å². The van der Waals surface area contributed by atoms with Crippen LogP contribution in [0.4, 0.5) is 0 Å². The lowest BCUT2D eigenvalue weighted by atomic mass is 10.4. The van der Waals surface area contributed by atoms with Gasteiger partial charge in [-0.25, -0.2) is 0 Å². The van der Waals surface area contributed by atoms with E-state index in [0.717, 1.165) is 13.0 Å². The van der Waals surface area contributed by atoms with E-state index < -0.39 is 29.6 Å². The maximum absolute atomic E-state index is 6.91. The van der Waals surface area contributed by atoms with Crippen molar-refractivity contribution in [2.75, 3.05) is 6.61 Å². The Balaban J connectivity index is 3.52. The molecule has 1 aliphatic heterocycles. The Morgan fingerprint density at radius 2 is 1.50 bits per heavy atom. The zero-order chi connectivity index (χ0) is 16.0. The van der Waals surface area contributed by atoms with Gasteiger partial charge in [-0.05, 0) is 20.0 Å². The minimum Gasteiger partial charge on any atom is -0.397 e. The summed E-state index contributed by atoms with van der Waals surface area (Å²) in [5.74, 6) is 0. The van der Waals surface area contributed by atoms with Crippen molar-refractivity contribution in [3.05, 3.63) is 12.7 Å². The van der Waals surface area contributed by atoms with Gasteiger partial charge in [-0.3, -0.25) is 0 Å². The SMILES string of the molecule is C=CCC1(OCC)O[Si](C)(C)[Si](C)(C)[Si](C)(C)[Si]1(C)C. The zero-order valence-corrected chi connectivity index (χ0v) is 19.0. The minimum atomic E-state index is -1.69. The predicted molar refractivity (Wildman–Crippen MR) is 100 cm³/mol. The third-order valence-corrected chi connectivity index (χ3v) is 73.2. The van der Waals surface area contributed by atoms with Crippen molar-refractivity contribution in [1.82, 2.24) is 0 Å². The fourth-order valence-electron chi connectivity index (χ4n) is 3.67. The van der Waals surface area contributed by atoms with Gasteiger partial charge in [0.25, 0.3) is 0 Å². The third kappa shape index (κ3) is 2.23. The fourth-order valence-corrected chi connectivity index (χ4v) is 72.8. The number of hydrogen-bond donors (Lipinski definition) is 0. The molecule has 0 radical (unpaired) electrons. The Bertz CT molecular complexity index is 391. The molecule has 118 valence electrons. The molecule has 0 bridgehead atoms. The summed E-state index contributed by atoms with van der Waals surface area (Å²) in [6, 6.07) is 0. The molecule has 1 unspecified atom stereocenters. The molecule has 20 heavy (non-hydrogen) atoms. The van der Waals surface area contributed by atoms with Crippen LogP contribution in [0.5, 0.6) is 0 Å². The molecule has 1 rings (SSSR count). The van der Waals surface area contributed by atoms with Crippen molar-refractivity contribution in [3.8, 4) is 0 Å². The van der Waals surface area contributed by atoms with E-state index in [0.29, 0.717) is 0 Å². The molecule has 6 heteroatoms. The third-order valence-electron chi connectivity index (χ3n) is 6.79. The average Bonchev–Trinajstić information content (AvgIpc) is 2.26. The van der Waals surface area contributed by atoms with Gasteiger partial charge < -0.3 is 9.16 Å². The van der Waals surface area contributed by atoms with Crippen molar-refractivity contribution < 1.29 is 9.16 Å². The van der Waals surface area contributed by atoms with E-state index in [1.165, 1.54) is 0 Å². The first-order chi connectivity index (χ1) is 8.83. The zero-order valence-electron chi connectivity index (χ0n) is 15.0. The molecule has 1 fully saturated rings. The predicted octanol–water partition coefficient (Wildman–Crippen LogP) is 4.43. The van der Waals surface area contributed by atoms with Crippen LogP contribution in [0, 0.1) is 0 Å². The van der Waals surface area contributed by atoms with Crippen molar-refractivity contribution >= 4 is 29.6 Å². The van der Waals surface area contributed by atoms with Crippen LogP contribution in [0.25, 0.3) is 0 Å². The van der Waals surface area contributed by atoms with Gasteiger partial charge in [0, 0.05) is 20.1 Å². The molecule has 0 aromatic heterocycles. The summed E-state index contributed by atoms with van der Waals surface area (Å²) in [5.41, 5.74) is -0.322. The van der Waals surface area contributed by atoms with Crippen LogP contribution < -0.4 is 0 Å². The normalized spacial score (nSPS) is 33.6. The van der Waals surface area contributed by atoms with Crippen molar-refractivity contribution in [1.29, 1.82) is 0 Å². The highest BCUT2D eigenvalue weighted by molar-refractivity contribution is 7.83. The van der Waals surface area contributed by atoms with Gasteiger partial charge >= 0.3 is 0 Å². The Labute approximate surface area is 129 Å². The van der Waals surface area contributed by atoms with E-state index in [4.69, 9.17) is 9.16 Å². The number of rotatable bonds is 4. The molecule has 0 saturated carbocycles. The maximum Gasteiger partial charge on any atom is 0.174 e. The average molecular weight is 347 g/mol. The second-order valence-corrected chi connectivity index (χ2v) is 47.3. The highest BCUT2D eigenvalue weighted by Crippen LogP contribution is 2.49. The smallest absolute Gasteiger partial charge is 0.174 e. The van der Waals surface area contributed by atoms with Crippen molar-refractivity contribution in [2.24, 2.45) is 0 Å². The highest BCUT2D eigenvalue weighted by atomic mass is 29.8. The molecule has 1 heterocycles. The minimum absolute atomic E-state index is 0.322. The van der Waals surface area contributed by atoms with Gasteiger partial charge in [0.05, 0.1) is 7.11 Å². The van der Waals surface area contributed by atoms with Crippen molar-refractivity contribution in [3.63, 3.8) is 0 Å². The maximum atomic E-state index is 6.91. The van der Waals surface area contributed by atoms with Crippen LogP contribution in [0.2, 0.25) is 52.4 Å². The molecule has 0 aliphatic carbocycles. The van der Waals surface area contributed by atoms with Crippen LogP contribution in [-0.2, 0) is 9.16 Å². The Kier molecular flexibility index (Phi) is 4.93. The molecular formula is C14H34O2Si4. The number of ether oxygens (including phenoxy) is 1. The lowest BCUT2D eigenvalue weighted by molar-refractivity contribution is -0.124. The van der Waals surface area contributed by atoms with Crippen LogP contribution in [0.1, 0.15) is 13.3 Å². The van der Waals surface area contributed by atoms with E-state index in [-0.39, 0.29) is 5.41 Å². The Morgan fingerprint density at radius 1 is 1.00 bits per heavy atom. The molecule has 1 atom stereocenters. The molecule has 2 nitrogen and oxygen atoms in total. The lowest BCUT2D eigenvalue weighted by Gasteiger charge is -2.66. The van der Waals surface area contributed by atoms with Gasteiger partial charge in [-0.15, -0.1) is 6.58 Å². The molecular weight excluding hydrogens is 312 g/mol. The van der Waals surface area contributed by atoms with E-state index in [2.05, 4.69) is 65.9 Å². The Morgan fingerprint density at radius 3 is 1.90 bits per heavy atom. The van der Waals surface area contributed by atoms with Gasteiger partial charge in [0.2, 0.25) is 0 Å². The lowest BCUT2D eigenvalue weighted by Crippen LogP contribution is -2.91. The molecule has 1 aliphatic rings. The first-order valence-electron chi connectivity index (χ1n) is 7.78. The van der Waals surface area contributed by atoms with Crippen LogP contribution in [-0.4, -0.2) is 41.7 Å². The second-order valence-electron chi connectivity index (χ2n) is 8.17. The second kappa shape index (κ2) is 5.31. The van der Waals surface area contributed by atoms with Crippen LogP contribution in [0.3, 0.4) is 0 Å². The molecule has 0 aromatic rings. The summed E-state index contributed by atoms with van der Waals surface area (Å²) >= 11 is 0. The van der Waals surface area contributed by atoms with E-state index in [1.54, 1.807) is 0 Å². The number of hydrogen-bond acceptors (Lipinski definition) is 2. The van der Waals surface area contributed by atoms with E-state index in [9.17, 15) is 0 Å². The largest absolute Gasteiger partial charge is 0.397 e. The van der Waals surface area contributed by atoms with Gasteiger partial charge in [0.15, 0.2) is 7.83 Å². The summed E-state index contributed by atoms with van der Waals surface area (Å²) in [7, 11) is -6.01. The molecule has 0 aromatic carbocycles. The van der Waals surface area contributed by atoms with Gasteiger partial charge in [-0.1, -0.05) is 45.4 Å². The van der Waals surface area contributed by atoms with E-state index >= 15 is 0 Å². The highest BCUT2D eigenvalue weighted by Gasteiger charge is 2.72. The summed E-state index contributed by atoms with van der Waals surface area (Å²) in [4.78, 5) is 0. The topological polar surface area (TPSA) is 18.5 Å². The molecule has 0 spiro atoms. The van der Waals surface area contributed by atoms with Crippen molar-refractivity contribution in [2.45, 2.75) is 71.1 Å². The van der Waals surface area contributed by atoms with Crippen LogP contribution in [0.15, 0.2) is 12.7 Å². The Hall–Kier alpha value is 0.528. The molecule has 0 N–H and O–H groups in total. The molecule has 1 saturated heterocycles. The first-order valence-corrected chi connectivity index (χ1v) is 22.7. The van der Waals surface area contributed by atoms with Gasteiger partial charge in [-0.2, -0.15) is 0 Å².